The van der Waals surface area contributed by atoms with Crippen LogP contribution in [-0.2, 0) is 11.2 Å². The molecule has 0 radical (unpaired) electrons. The van der Waals surface area contributed by atoms with Crippen molar-refractivity contribution in [3.05, 3.63) is 29.6 Å². The maximum absolute atomic E-state index is 13.2. The van der Waals surface area contributed by atoms with Gasteiger partial charge in [-0.15, -0.1) is 0 Å². The van der Waals surface area contributed by atoms with Crippen molar-refractivity contribution in [3.8, 4) is 0 Å². The standard InChI is InChI=1S/C18H25NO/c1-13(2)12-18(9-3-4-10-18)17(20)15-8-7-14-6-5-11-19-16(14)15/h5-6,11,13,15H,3-4,7-10,12H2,1-2H3. The fraction of sp³-hybridized carbons (Fsp3) is 0.667. The molecule has 1 aromatic rings. The van der Waals surface area contributed by atoms with Gasteiger partial charge in [0.2, 0.25) is 0 Å². The molecular weight excluding hydrogens is 246 g/mol. The first-order valence-corrected chi connectivity index (χ1v) is 8.10. The summed E-state index contributed by atoms with van der Waals surface area (Å²) in [5, 5.41) is 0. The predicted octanol–water partition coefficient (Wildman–Crippen LogP) is 4.29. The highest BCUT2D eigenvalue weighted by Crippen LogP contribution is 2.49. The summed E-state index contributed by atoms with van der Waals surface area (Å²) in [7, 11) is 0. The average Bonchev–Trinajstić information content (AvgIpc) is 3.04. The molecule has 0 amide bonds. The molecule has 0 saturated heterocycles. The summed E-state index contributed by atoms with van der Waals surface area (Å²) in [4.78, 5) is 17.8. The van der Waals surface area contributed by atoms with Gasteiger partial charge in [0.15, 0.2) is 0 Å². The zero-order chi connectivity index (χ0) is 14.2. The summed E-state index contributed by atoms with van der Waals surface area (Å²) in [5.41, 5.74) is 2.33. The van der Waals surface area contributed by atoms with E-state index in [1.165, 1.54) is 18.4 Å². The van der Waals surface area contributed by atoms with E-state index in [1.54, 1.807) is 0 Å². The van der Waals surface area contributed by atoms with E-state index in [9.17, 15) is 4.79 Å². The number of carbonyl (C=O) groups excluding carboxylic acids is 1. The maximum atomic E-state index is 13.2. The molecule has 0 bridgehead atoms. The van der Waals surface area contributed by atoms with Gasteiger partial charge in [0, 0.05) is 11.6 Å². The van der Waals surface area contributed by atoms with Gasteiger partial charge in [-0.05, 0) is 49.7 Å². The van der Waals surface area contributed by atoms with Gasteiger partial charge in [-0.1, -0.05) is 32.8 Å². The number of aromatic nitrogens is 1. The smallest absolute Gasteiger partial charge is 0.148 e. The lowest BCUT2D eigenvalue weighted by Gasteiger charge is -2.32. The van der Waals surface area contributed by atoms with Gasteiger partial charge in [-0.25, -0.2) is 0 Å². The monoisotopic (exact) mass is 271 g/mol. The van der Waals surface area contributed by atoms with Crippen molar-refractivity contribution < 1.29 is 4.79 Å². The number of hydrogen-bond donors (Lipinski definition) is 0. The Hall–Kier alpha value is -1.18. The third-order valence-electron chi connectivity index (χ3n) is 5.16. The second-order valence-electron chi connectivity index (χ2n) is 7.09. The van der Waals surface area contributed by atoms with Crippen molar-refractivity contribution in [2.75, 3.05) is 0 Å². The summed E-state index contributed by atoms with van der Waals surface area (Å²) in [5.74, 6) is 1.17. The zero-order valence-electron chi connectivity index (χ0n) is 12.7. The van der Waals surface area contributed by atoms with Crippen LogP contribution < -0.4 is 0 Å². The van der Waals surface area contributed by atoms with E-state index in [-0.39, 0.29) is 11.3 Å². The summed E-state index contributed by atoms with van der Waals surface area (Å²) < 4.78 is 0. The molecule has 108 valence electrons. The number of aryl methyl sites for hydroxylation is 1. The quantitative estimate of drug-likeness (QED) is 0.817. The fourth-order valence-corrected chi connectivity index (χ4v) is 4.42. The average molecular weight is 271 g/mol. The number of Topliss-reactive ketones (excluding diaryl/α,β-unsaturated/α-hetero) is 1. The summed E-state index contributed by atoms with van der Waals surface area (Å²) >= 11 is 0. The SMILES string of the molecule is CC(C)CC1(C(=O)C2CCc3cccnc32)CCCC1. The number of rotatable bonds is 4. The Morgan fingerprint density at radius 1 is 1.40 bits per heavy atom. The Kier molecular flexibility index (Phi) is 3.66. The Labute approximate surface area is 122 Å². The first kappa shape index (κ1) is 13.8. The third kappa shape index (κ3) is 2.30. The van der Waals surface area contributed by atoms with Crippen LogP contribution in [0.2, 0.25) is 0 Å². The van der Waals surface area contributed by atoms with Crippen molar-refractivity contribution in [2.24, 2.45) is 11.3 Å². The van der Waals surface area contributed by atoms with Gasteiger partial charge in [-0.3, -0.25) is 9.78 Å². The Morgan fingerprint density at radius 2 is 2.15 bits per heavy atom. The van der Waals surface area contributed by atoms with E-state index >= 15 is 0 Å². The van der Waals surface area contributed by atoms with Crippen LogP contribution in [0.5, 0.6) is 0 Å². The summed E-state index contributed by atoms with van der Waals surface area (Å²) in [6.07, 6.45) is 9.55. The van der Waals surface area contributed by atoms with Gasteiger partial charge >= 0.3 is 0 Å². The van der Waals surface area contributed by atoms with Crippen molar-refractivity contribution >= 4 is 5.78 Å². The van der Waals surface area contributed by atoms with E-state index in [0.29, 0.717) is 11.7 Å². The molecule has 1 atom stereocenters. The molecule has 3 rings (SSSR count). The van der Waals surface area contributed by atoms with Gasteiger partial charge in [0.25, 0.3) is 0 Å². The van der Waals surface area contributed by atoms with Crippen molar-refractivity contribution in [1.82, 2.24) is 4.98 Å². The lowest BCUT2D eigenvalue weighted by atomic mass is 9.71. The number of carbonyl (C=O) groups is 1. The van der Waals surface area contributed by atoms with E-state index < -0.39 is 0 Å². The molecule has 0 aromatic carbocycles. The second kappa shape index (κ2) is 5.31. The Morgan fingerprint density at radius 3 is 2.85 bits per heavy atom. The van der Waals surface area contributed by atoms with Crippen LogP contribution in [0.3, 0.4) is 0 Å². The highest BCUT2D eigenvalue weighted by atomic mass is 16.1. The molecule has 1 fully saturated rings. The fourth-order valence-electron chi connectivity index (χ4n) is 4.42. The molecule has 2 heteroatoms. The molecule has 0 aliphatic heterocycles. The molecule has 1 aromatic heterocycles. The van der Waals surface area contributed by atoms with Crippen molar-refractivity contribution in [3.63, 3.8) is 0 Å². The number of nitrogens with zero attached hydrogens (tertiary/aromatic N) is 1. The minimum atomic E-state index is -0.0437. The number of pyridine rings is 1. The van der Waals surface area contributed by atoms with Crippen molar-refractivity contribution in [2.45, 2.75) is 64.7 Å². The molecule has 2 aliphatic carbocycles. The molecule has 1 saturated carbocycles. The first-order chi connectivity index (χ1) is 9.62. The lowest BCUT2D eigenvalue weighted by Crippen LogP contribution is -2.33. The maximum Gasteiger partial charge on any atom is 0.148 e. The number of fused-ring (bicyclic) bond motifs is 1. The van der Waals surface area contributed by atoms with Crippen LogP contribution >= 0.6 is 0 Å². The molecule has 1 unspecified atom stereocenters. The second-order valence-corrected chi connectivity index (χ2v) is 7.09. The summed E-state index contributed by atoms with van der Waals surface area (Å²) in [6.45, 7) is 4.49. The van der Waals surface area contributed by atoms with Gasteiger partial charge in [0.05, 0.1) is 11.6 Å². The van der Waals surface area contributed by atoms with E-state index in [4.69, 9.17) is 0 Å². The molecule has 0 spiro atoms. The summed E-state index contributed by atoms with van der Waals surface area (Å²) in [6, 6.07) is 4.13. The highest BCUT2D eigenvalue weighted by Gasteiger charge is 2.46. The van der Waals surface area contributed by atoms with Crippen LogP contribution in [0.4, 0.5) is 0 Å². The van der Waals surface area contributed by atoms with Crippen molar-refractivity contribution in [1.29, 1.82) is 0 Å². The van der Waals surface area contributed by atoms with Crippen LogP contribution in [-0.4, -0.2) is 10.8 Å². The molecule has 20 heavy (non-hydrogen) atoms. The zero-order valence-corrected chi connectivity index (χ0v) is 12.7. The highest BCUT2D eigenvalue weighted by molar-refractivity contribution is 5.91. The number of ketones is 1. The van der Waals surface area contributed by atoms with Crippen LogP contribution in [0.15, 0.2) is 18.3 Å². The Balaban J connectivity index is 1.88. The van der Waals surface area contributed by atoms with Crippen LogP contribution in [0.25, 0.3) is 0 Å². The lowest BCUT2D eigenvalue weighted by molar-refractivity contribution is -0.131. The predicted molar refractivity (Wildman–Crippen MR) is 80.7 cm³/mol. The van der Waals surface area contributed by atoms with Crippen LogP contribution in [0, 0.1) is 11.3 Å². The molecule has 0 N–H and O–H groups in total. The molecule has 2 nitrogen and oxygen atoms in total. The van der Waals surface area contributed by atoms with E-state index in [0.717, 1.165) is 37.8 Å². The van der Waals surface area contributed by atoms with Gasteiger partial charge in [0.1, 0.15) is 5.78 Å². The van der Waals surface area contributed by atoms with Gasteiger partial charge < -0.3 is 0 Å². The van der Waals surface area contributed by atoms with Crippen LogP contribution in [0.1, 0.15) is 69.5 Å². The van der Waals surface area contributed by atoms with E-state index in [2.05, 4.69) is 24.9 Å². The number of hydrogen-bond acceptors (Lipinski definition) is 2. The minimum Gasteiger partial charge on any atom is -0.298 e. The normalized spacial score (nSPS) is 24.1. The topological polar surface area (TPSA) is 30.0 Å². The van der Waals surface area contributed by atoms with E-state index in [1.807, 2.05) is 12.3 Å². The Bertz CT molecular complexity index is 500. The molecule has 1 heterocycles. The largest absolute Gasteiger partial charge is 0.298 e. The molecule has 2 aliphatic rings. The minimum absolute atomic E-state index is 0.0437. The molecular formula is C18H25NO. The third-order valence-corrected chi connectivity index (χ3v) is 5.16. The first-order valence-electron chi connectivity index (χ1n) is 8.10. The van der Waals surface area contributed by atoms with Gasteiger partial charge in [-0.2, -0.15) is 0 Å².